The summed E-state index contributed by atoms with van der Waals surface area (Å²) in [6.45, 7) is 9.97. The van der Waals surface area contributed by atoms with Gasteiger partial charge in [-0.15, -0.1) is 0 Å². The first-order valence-electron chi connectivity index (χ1n) is 20.9. The van der Waals surface area contributed by atoms with Crippen LogP contribution in [0.5, 0.6) is 5.75 Å². The molecule has 3 fully saturated rings. The van der Waals surface area contributed by atoms with E-state index >= 15 is 4.79 Å². The number of benzene rings is 3. The monoisotopic (exact) mass is 864 g/mol. The molecule has 14 heteroatoms. The summed E-state index contributed by atoms with van der Waals surface area (Å²) in [6, 6.07) is 24.1. The molecule has 63 heavy (non-hydrogen) atoms. The summed E-state index contributed by atoms with van der Waals surface area (Å²) in [5, 5.41) is 13.6. The van der Waals surface area contributed by atoms with Crippen molar-refractivity contribution in [3.63, 3.8) is 0 Å². The third-order valence-electron chi connectivity index (χ3n) is 13.3. The molecule has 3 aliphatic carbocycles. The molecular weight excluding hydrogens is 813 g/mol. The van der Waals surface area contributed by atoms with Crippen LogP contribution >= 0.6 is 0 Å². The molecule has 3 aromatic carbocycles. The smallest absolute Gasteiger partial charge is 0.343 e. The lowest BCUT2D eigenvalue weighted by Gasteiger charge is -2.68. The topological polar surface area (TPSA) is 187 Å². The fourth-order valence-corrected chi connectivity index (χ4v) is 10.2. The SMILES string of the molecule is CC(=O)O[C@H]1C(=O)[C@]2(C)[C@@H](OC(=O)/C=C/c3ccc(OC(=O)c4ccccc4)cc3)C[C@H]3OC[C@@]3(OC(C)=O)[C@H]2[C@H](OCc2ccccc2)[C@]2(O)C[C@H](OC(C)=O)C(C)=C1C2(C)C. The molecule has 1 N–H and O–H groups in total. The number of esters is 5. The fourth-order valence-electron chi connectivity index (χ4n) is 10.2. The van der Waals surface area contributed by atoms with Crippen molar-refractivity contribution in [2.45, 2.75) is 110 Å². The van der Waals surface area contributed by atoms with Crippen molar-refractivity contribution in [3.05, 3.63) is 119 Å². The second-order valence-corrected chi connectivity index (χ2v) is 17.4. The Bertz CT molecular complexity index is 2340. The lowest BCUT2D eigenvalue weighted by atomic mass is 9.44. The van der Waals surface area contributed by atoms with Gasteiger partial charge in [-0.3, -0.25) is 19.2 Å². The lowest BCUT2D eigenvalue weighted by molar-refractivity contribution is -0.352. The molecule has 0 aromatic heterocycles. The van der Waals surface area contributed by atoms with E-state index in [9.17, 15) is 29.1 Å². The fraction of sp³-hybridized carbons (Fsp3) is 0.429. The van der Waals surface area contributed by atoms with Crippen LogP contribution in [0.4, 0.5) is 0 Å². The molecule has 0 radical (unpaired) electrons. The van der Waals surface area contributed by atoms with Crippen molar-refractivity contribution in [1.82, 2.24) is 0 Å². The Morgan fingerprint density at radius 1 is 0.825 bits per heavy atom. The van der Waals surface area contributed by atoms with Gasteiger partial charge in [0.2, 0.25) is 0 Å². The molecule has 1 aliphatic heterocycles. The number of ketones is 1. The third kappa shape index (κ3) is 8.23. The molecule has 1 saturated heterocycles. The van der Waals surface area contributed by atoms with E-state index < -0.39 is 94.1 Å². The van der Waals surface area contributed by atoms with Crippen LogP contribution < -0.4 is 4.74 Å². The van der Waals surface area contributed by atoms with E-state index in [0.717, 1.165) is 12.5 Å². The molecule has 3 aromatic rings. The van der Waals surface area contributed by atoms with Crippen LogP contribution in [0.1, 0.15) is 82.8 Å². The van der Waals surface area contributed by atoms with Crippen LogP contribution in [-0.2, 0) is 59.0 Å². The minimum Gasteiger partial charge on any atom is -0.458 e. The normalized spacial score (nSPS) is 30.6. The van der Waals surface area contributed by atoms with E-state index in [4.69, 9.17) is 33.2 Å². The maximum atomic E-state index is 15.9. The summed E-state index contributed by atoms with van der Waals surface area (Å²) in [5.74, 6) is -5.26. The molecule has 9 atom stereocenters. The number of rotatable bonds is 11. The van der Waals surface area contributed by atoms with Crippen molar-refractivity contribution >= 4 is 41.7 Å². The van der Waals surface area contributed by atoms with E-state index in [1.54, 1.807) is 82.3 Å². The van der Waals surface area contributed by atoms with Gasteiger partial charge in [-0.05, 0) is 66.5 Å². The average Bonchev–Trinajstić information content (AvgIpc) is 3.23. The van der Waals surface area contributed by atoms with Crippen molar-refractivity contribution in [3.8, 4) is 5.75 Å². The Labute approximate surface area is 365 Å². The van der Waals surface area contributed by atoms with Crippen molar-refractivity contribution in [1.29, 1.82) is 0 Å². The van der Waals surface area contributed by atoms with Gasteiger partial charge in [0.1, 0.15) is 29.7 Å². The molecule has 4 aliphatic rings. The molecule has 0 unspecified atom stereocenters. The second-order valence-electron chi connectivity index (χ2n) is 17.4. The van der Waals surface area contributed by atoms with Gasteiger partial charge in [-0.25, -0.2) is 9.59 Å². The van der Waals surface area contributed by atoms with E-state index in [1.165, 1.54) is 26.0 Å². The third-order valence-corrected chi connectivity index (χ3v) is 13.3. The van der Waals surface area contributed by atoms with Gasteiger partial charge < -0.3 is 38.3 Å². The summed E-state index contributed by atoms with van der Waals surface area (Å²) < 4.78 is 42.7. The molecular formula is C49H52O14. The molecule has 2 bridgehead atoms. The van der Waals surface area contributed by atoms with Crippen LogP contribution in [0.25, 0.3) is 6.08 Å². The van der Waals surface area contributed by atoms with Crippen LogP contribution in [0.15, 0.2) is 102 Å². The van der Waals surface area contributed by atoms with Gasteiger partial charge in [0.15, 0.2) is 17.5 Å². The van der Waals surface area contributed by atoms with Crippen molar-refractivity contribution in [2.75, 3.05) is 6.61 Å². The van der Waals surface area contributed by atoms with Crippen LogP contribution in [-0.4, -0.2) is 89.1 Å². The Morgan fingerprint density at radius 2 is 1.46 bits per heavy atom. The quantitative estimate of drug-likeness (QED) is 0.0770. The zero-order valence-corrected chi connectivity index (χ0v) is 36.3. The Kier molecular flexibility index (Phi) is 12.4. The highest BCUT2D eigenvalue weighted by Gasteiger charge is 2.78. The maximum Gasteiger partial charge on any atom is 0.343 e. The number of carbonyl (C=O) groups is 6. The lowest BCUT2D eigenvalue weighted by Crippen LogP contribution is -2.82. The van der Waals surface area contributed by atoms with E-state index in [1.807, 2.05) is 30.3 Å². The van der Waals surface area contributed by atoms with Gasteiger partial charge in [-0.2, -0.15) is 0 Å². The van der Waals surface area contributed by atoms with Gasteiger partial charge in [0, 0.05) is 51.0 Å². The second kappa shape index (κ2) is 17.3. The summed E-state index contributed by atoms with van der Waals surface area (Å²) in [4.78, 5) is 81.2. The van der Waals surface area contributed by atoms with Gasteiger partial charge in [0.25, 0.3) is 0 Å². The minimum absolute atomic E-state index is 0.0760. The average molecular weight is 865 g/mol. The number of ether oxygens (including phenoxy) is 7. The zero-order valence-electron chi connectivity index (χ0n) is 36.3. The van der Waals surface area contributed by atoms with Gasteiger partial charge in [-0.1, -0.05) is 74.5 Å². The maximum absolute atomic E-state index is 15.9. The standard InChI is InChI=1S/C49H52O14/c1-28-36(59-29(2)50)25-49(56)44(57-26-33-14-10-8-11-15-33)42-47(7,43(54)41(60-30(3)51)40(28)46(49,5)6)37(24-38-48(42,27-58-38)63-31(4)52)62-39(53)23-20-32-18-21-35(22-19-32)61-45(55)34-16-12-9-13-17-34/h8-23,36-38,41-42,44,56H,24-27H2,1-7H3/b23-20+/t36-,37-,38+,41+,42-,44-,47+,48-,49+/m0/s1. The zero-order chi connectivity index (χ0) is 45.5. The summed E-state index contributed by atoms with van der Waals surface area (Å²) in [7, 11) is 0. The number of Topliss-reactive ketones (excluding diaryl/α,β-unsaturated/α-hetero) is 1. The van der Waals surface area contributed by atoms with Crippen LogP contribution in [0.2, 0.25) is 0 Å². The van der Waals surface area contributed by atoms with Crippen LogP contribution in [0, 0.1) is 16.7 Å². The molecule has 0 amide bonds. The first-order chi connectivity index (χ1) is 29.8. The number of hydrogen-bond acceptors (Lipinski definition) is 14. The number of aliphatic hydroxyl groups is 1. The predicted molar refractivity (Wildman–Crippen MR) is 224 cm³/mol. The highest BCUT2D eigenvalue weighted by molar-refractivity contribution is 5.96. The Morgan fingerprint density at radius 3 is 2.05 bits per heavy atom. The van der Waals surface area contributed by atoms with Crippen molar-refractivity contribution < 1.29 is 67.0 Å². The Balaban J connectivity index is 1.33. The van der Waals surface area contributed by atoms with Crippen LogP contribution in [0.3, 0.4) is 0 Å². The largest absolute Gasteiger partial charge is 0.458 e. The highest BCUT2D eigenvalue weighted by atomic mass is 16.6. The minimum atomic E-state index is -2.04. The predicted octanol–water partition coefficient (Wildman–Crippen LogP) is 6.07. The van der Waals surface area contributed by atoms with E-state index in [2.05, 4.69) is 0 Å². The molecule has 14 nitrogen and oxygen atoms in total. The molecule has 1 heterocycles. The summed E-state index contributed by atoms with van der Waals surface area (Å²) in [6.07, 6.45) is -4.10. The summed E-state index contributed by atoms with van der Waals surface area (Å²) >= 11 is 0. The first kappa shape index (κ1) is 45.1. The van der Waals surface area contributed by atoms with Gasteiger partial charge >= 0.3 is 29.8 Å². The number of fused-ring (bicyclic) bond motifs is 5. The van der Waals surface area contributed by atoms with E-state index in [-0.39, 0.29) is 37.4 Å². The first-order valence-corrected chi connectivity index (χ1v) is 20.9. The molecule has 2 saturated carbocycles. The highest BCUT2D eigenvalue weighted by Crippen LogP contribution is 2.65. The molecule has 332 valence electrons. The van der Waals surface area contributed by atoms with E-state index in [0.29, 0.717) is 16.7 Å². The number of carbonyl (C=O) groups excluding carboxylic acids is 6. The number of hydrogen-bond donors (Lipinski definition) is 1. The Hall–Kier alpha value is -5.96. The van der Waals surface area contributed by atoms with Gasteiger partial charge in [0.05, 0.1) is 30.3 Å². The molecule has 7 rings (SSSR count). The van der Waals surface area contributed by atoms with Crippen molar-refractivity contribution in [2.24, 2.45) is 16.7 Å². The molecule has 0 spiro atoms. The summed E-state index contributed by atoms with van der Waals surface area (Å²) in [5.41, 5.74) is -4.72.